The average Bonchev–Trinajstić information content (AvgIpc) is 2.03. The molecule has 0 saturated carbocycles. The summed E-state index contributed by atoms with van der Waals surface area (Å²) in [6, 6.07) is 10.8. The molecule has 0 saturated heterocycles. The van der Waals surface area contributed by atoms with Gasteiger partial charge in [0.25, 0.3) is 0 Å². The van der Waals surface area contributed by atoms with E-state index in [1.165, 1.54) is 5.19 Å². The molecule has 0 aliphatic heterocycles. The second-order valence-electron chi connectivity index (χ2n) is 3.88. The fourth-order valence-electron chi connectivity index (χ4n) is 0.938. The second-order valence-corrected chi connectivity index (χ2v) is 9.47. The van der Waals surface area contributed by atoms with Crippen molar-refractivity contribution < 1.29 is 8.76 Å². The van der Waals surface area contributed by atoms with Crippen molar-refractivity contribution in [2.24, 2.45) is 5.14 Å². The monoisotopic (exact) mass is 230 g/mol. The van der Waals surface area contributed by atoms with E-state index in [1.54, 1.807) is 0 Å². The zero-order valence-corrected chi connectivity index (χ0v) is 10.5. The smallest absolute Gasteiger partial charge is 0.0775 e. The Morgan fingerprint density at radius 1 is 1.21 bits per heavy atom. The Morgan fingerprint density at radius 2 is 1.57 bits per heavy atom. The van der Waals surface area contributed by atoms with Crippen LogP contribution >= 0.6 is 0 Å². The maximum absolute atomic E-state index is 8.78. The van der Waals surface area contributed by atoms with Gasteiger partial charge in [-0.3, -0.25) is 9.35 Å². The third kappa shape index (κ3) is 6.96. The van der Waals surface area contributed by atoms with E-state index in [0.29, 0.717) is 0 Å². The predicted octanol–water partition coefficient (Wildman–Crippen LogP) is 0.971. The number of benzene rings is 1. The summed E-state index contributed by atoms with van der Waals surface area (Å²) in [6.07, 6.45) is 0. The Kier molecular flexibility index (Phi) is 5.86. The van der Waals surface area contributed by atoms with Crippen LogP contribution in [0.15, 0.2) is 30.3 Å². The third-order valence-corrected chi connectivity index (χ3v) is 3.71. The lowest BCUT2D eigenvalue weighted by Gasteiger charge is -2.15. The summed E-state index contributed by atoms with van der Waals surface area (Å²) in [4.78, 5) is 0. The summed E-state index contributed by atoms with van der Waals surface area (Å²) in [6.45, 7) is 7.09. The molecule has 0 radical (unpaired) electrons. The Bertz CT molecular complexity index is 281. The van der Waals surface area contributed by atoms with Gasteiger partial charge in [0, 0.05) is 11.3 Å². The van der Waals surface area contributed by atoms with E-state index in [2.05, 4.69) is 55.1 Å². The van der Waals surface area contributed by atoms with E-state index < -0.39 is 19.3 Å². The number of hydrogen-bond acceptors (Lipinski definition) is 2. The summed E-state index contributed by atoms with van der Waals surface area (Å²) in [5.74, 6) is 0. The van der Waals surface area contributed by atoms with E-state index in [0.717, 1.165) is 0 Å². The highest BCUT2D eigenvalue weighted by Crippen LogP contribution is 2.00. The van der Waals surface area contributed by atoms with Crippen molar-refractivity contribution in [3.8, 4) is 0 Å². The van der Waals surface area contributed by atoms with Crippen molar-refractivity contribution in [1.29, 1.82) is 0 Å². The molecule has 14 heavy (non-hydrogen) atoms. The van der Waals surface area contributed by atoms with Crippen molar-refractivity contribution in [1.82, 2.24) is 0 Å². The average molecular weight is 230 g/mol. The van der Waals surface area contributed by atoms with Gasteiger partial charge < -0.3 is 4.55 Å². The predicted molar refractivity (Wildman–Crippen MR) is 62.5 cm³/mol. The maximum Gasteiger partial charge on any atom is 0.0775 e. The van der Waals surface area contributed by atoms with Gasteiger partial charge in [0.2, 0.25) is 0 Å². The highest BCUT2D eigenvalue weighted by molar-refractivity contribution is 7.76. The molecule has 5 heteroatoms. The lowest BCUT2D eigenvalue weighted by atomic mass is 10.4. The maximum atomic E-state index is 8.78. The minimum absolute atomic E-state index is 1.03. The quantitative estimate of drug-likeness (QED) is 0.577. The molecule has 0 aliphatic carbocycles. The van der Waals surface area contributed by atoms with Gasteiger partial charge in [0.15, 0.2) is 0 Å². The lowest BCUT2D eigenvalue weighted by Crippen LogP contribution is -2.37. The molecule has 1 rings (SSSR count). The largest absolute Gasteiger partial charge is 0.760 e. The Balaban J connectivity index is 0.000000364. The molecule has 80 valence electrons. The number of rotatable bonds is 1. The van der Waals surface area contributed by atoms with Crippen LogP contribution in [0.4, 0.5) is 0 Å². The Morgan fingerprint density at radius 3 is 1.79 bits per heavy atom. The van der Waals surface area contributed by atoms with Crippen molar-refractivity contribution >= 4 is 24.5 Å². The van der Waals surface area contributed by atoms with Crippen molar-refractivity contribution in [3.63, 3.8) is 0 Å². The van der Waals surface area contributed by atoms with Crippen LogP contribution in [-0.4, -0.2) is 16.8 Å². The van der Waals surface area contributed by atoms with Gasteiger partial charge in [0.05, 0.1) is 8.07 Å². The Labute approximate surface area is 88.8 Å². The summed E-state index contributed by atoms with van der Waals surface area (Å²) in [5, 5.41) is 5.56. The fourth-order valence-corrected chi connectivity index (χ4v) is 2.13. The molecule has 0 bridgehead atoms. The molecule has 1 atom stereocenters. The highest BCUT2D eigenvalue weighted by Gasteiger charge is 2.14. The molecule has 0 heterocycles. The minimum Gasteiger partial charge on any atom is -0.760 e. The van der Waals surface area contributed by atoms with E-state index in [1.807, 2.05) is 0 Å². The molecule has 0 aliphatic rings. The molecule has 1 unspecified atom stereocenters. The van der Waals surface area contributed by atoms with Gasteiger partial charge in [-0.1, -0.05) is 55.2 Å². The van der Waals surface area contributed by atoms with Gasteiger partial charge in [0.1, 0.15) is 0 Å². The van der Waals surface area contributed by atoms with Crippen LogP contribution in [0.25, 0.3) is 0 Å². The van der Waals surface area contributed by atoms with Crippen LogP contribution in [0.1, 0.15) is 0 Å². The van der Waals surface area contributed by atoms with E-state index >= 15 is 0 Å². The molecule has 0 spiro atoms. The molecular formula is C9H16NO2SSi-. The zero-order valence-electron chi connectivity index (χ0n) is 8.69. The van der Waals surface area contributed by atoms with Crippen LogP contribution in [0, 0.1) is 0 Å². The van der Waals surface area contributed by atoms with E-state index in [4.69, 9.17) is 8.76 Å². The molecule has 0 aromatic heterocycles. The molecular weight excluding hydrogens is 214 g/mol. The van der Waals surface area contributed by atoms with E-state index in [9.17, 15) is 0 Å². The normalized spacial score (nSPS) is 12.6. The molecule has 1 aromatic carbocycles. The van der Waals surface area contributed by atoms with Gasteiger partial charge in [-0.15, -0.1) is 0 Å². The first-order chi connectivity index (χ1) is 6.34. The van der Waals surface area contributed by atoms with Crippen molar-refractivity contribution in [2.45, 2.75) is 19.6 Å². The van der Waals surface area contributed by atoms with Gasteiger partial charge in [-0.05, 0) is 0 Å². The zero-order chi connectivity index (χ0) is 11.2. The van der Waals surface area contributed by atoms with E-state index in [-0.39, 0.29) is 0 Å². The van der Waals surface area contributed by atoms with Crippen LogP contribution in [0.3, 0.4) is 0 Å². The first-order valence-corrected chi connectivity index (χ1v) is 8.87. The lowest BCUT2D eigenvalue weighted by molar-refractivity contribution is 0.539. The topological polar surface area (TPSA) is 66.2 Å². The standard InChI is InChI=1S/C9H14Si.H3NO2S/c1-10(2,3)9-7-5-4-6-8-9;1-4(2)3/h4-8H,1-3H3;1H2,(H,2,3)/p-1. The third-order valence-electron chi connectivity index (χ3n) is 1.64. The van der Waals surface area contributed by atoms with Crippen LogP contribution in [-0.2, 0) is 11.3 Å². The van der Waals surface area contributed by atoms with Crippen LogP contribution in [0.2, 0.25) is 19.6 Å². The summed E-state index contributed by atoms with van der Waals surface area (Å²) >= 11 is -2.36. The molecule has 3 nitrogen and oxygen atoms in total. The first-order valence-electron chi connectivity index (χ1n) is 4.23. The van der Waals surface area contributed by atoms with Gasteiger partial charge in [-0.2, -0.15) is 0 Å². The van der Waals surface area contributed by atoms with Gasteiger partial charge in [-0.25, -0.2) is 0 Å². The van der Waals surface area contributed by atoms with Crippen LogP contribution < -0.4 is 10.3 Å². The first kappa shape index (κ1) is 13.5. The number of nitrogens with two attached hydrogens (primary N) is 1. The van der Waals surface area contributed by atoms with Gasteiger partial charge >= 0.3 is 0 Å². The summed E-state index contributed by atoms with van der Waals surface area (Å²) < 4.78 is 17.6. The minimum atomic E-state index is -2.36. The molecule has 2 N–H and O–H groups in total. The SMILES string of the molecule is C[Si](C)(C)c1ccccc1.NS(=O)[O-]. The highest BCUT2D eigenvalue weighted by atomic mass is 32.2. The molecule has 0 fully saturated rings. The van der Waals surface area contributed by atoms with Crippen LogP contribution in [0.5, 0.6) is 0 Å². The number of hydrogen-bond donors (Lipinski definition) is 1. The van der Waals surface area contributed by atoms with Crippen molar-refractivity contribution in [2.75, 3.05) is 0 Å². The molecule has 1 aromatic rings. The van der Waals surface area contributed by atoms with Crippen molar-refractivity contribution in [3.05, 3.63) is 30.3 Å². The Hall–Kier alpha value is -0.493. The fraction of sp³-hybridized carbons (Fsp3) is 0.333. The summed E-state index contributed by atoms with van der Waals surface area (Å²) in [7, 11) is -1.03. The summed E-state index contributed by atoms with van der Waals surface area (Å²) in [5.41, 5.74) is 0. The second kappa shape index (κ2) is 6.08. The molecule has 0 amide bonds.